The Morgan fingerprint density at radius 3 is 1.49 bits per heavy atom. The van der Waals surface area contributed by atoms with Gasteiger partial charge in [0, 0.05) is 23.9 Å². The summed E-state index contributed by atoms with van der Waals surface area (Å²) in [6.07, 6.45) is 8.86. The van der Waals surface area contributed by atoms with Crippen molar-refractivity contribution in [2.75, 3.05) is 26.3 Å². The number of fused-ring (bicyclic) bond motifs is 2. The second-order valence-electron chi connectivity index (χ2n) is 11.7. The Hall–Kier alpha value is -2.35. The Labute approximate surface area is 248 Å². The Morgan fingerprint density at radius 2 is 1.10 bits per heavy atom. The van der Waals surface area contributed by atoms with E-state index in [1.165, 1.54) is 11.1 Å². The summed E-state index contributed by atoms with van der Waals surface area (Å²) in [5.74, 6) is 0. The lowest BCUT2D eigenvalue weighted by Gasteiger charge is -2.37. The van der Waals surface area contributed by atoms with E-state index < -0.39 is 21.2 Å². The molecule has 0 spiro atoms. The van der Waals surface area contributed by atoms with Crippen molar-refractivity contribution in [1.29, 1.82) is 0 Å². The second-order valence-corrected chi connectivity index (χ2v) is 13.0. The molecule has 0 N–H and O–H groups in total. The minimum absolute atomic E-state index is 0.0247. The fourth-order valence-corrected chi connectivity index (χ4v) is 7.24. The minimum Gasteiger partial charge on any atom is -0.288 e. The molecule has 0 fully saturated rings. The van der Waals surface area contributed by atoms with Crippen LogP contribution in [0.1, 0.15) is 101 Å². The smallest absolute Gasteiger partial charge is 0.288 e. The minimum atomic E-state index is -4.26. The van der Waals surface area contributed by atoms with Gasteiger partial charge in [-0.25, -0.2) is 8.37 Å². The molecule has 0 saturated carbocycles. The molecule has 0 bridgehead atoms. The van der Waals surface area contributed by atoms with E-state index in [-0.39, 0.29) is 13.2 Å². The van der Waals surface area contributed by atoms with Crippen molar-refractivity contribution < 1.29 is 16.8 Å². The molecule has 41 heavy (non-hydrogen) atoms. The van der Waals surface area contributed by atoms with Crippen molar-refractivity contribution in [3.05, 3.63) is 70.8 Å². The molecule has 0 saturated heterocycles. The van der Waals surface area contributed by atoms with Gasteiger partial charge in [0.1, 0.15) is 0 Å². The normalized spacial score (nSPS) is 18.0. The van der Waals surface area contributed by atoms with Crippen LogP contribution >= 0.6 is 0 Å². The molecule has 0 radical (unpaired) electrons. The Kier molecular flexibility index (Phi) is 10.9. The molecule has 7 heteroatoms. The van der Waals surface area contributed by atoms with E-state index in [2.05, 4.69) is 64.1 Å². The standard InChI is InChI=1S/C34H48N2O4S/c1-5-9-21-33(7-3,31-29-17-13-11-15-27(29)19-23-35-31)25-39-41(37,38)40-26-34(8-4,22-10-6-2)32-30-18-14-12-16-28(30)20-24-36-32/h11-18H,5-10,19-26H2,1-4H3. The van der Waals surface area contributed by atoms with E-state index in [1.807, 2.05) is 12.1 Å². The SMILES string of the molecule is CCCCC(CC)(COS(=O)(=O)OCC(CC)(CCCC)C1=NCCc2ccccc21)C1=NCCc2ccccc21. The molecule has 2 aliphatic heterocycles. The third-order valence-corrected chi connectivity index (χ3v) is 10.00. The molecule has 6 nitrogen and oxygen atoms in total. The van der Waals surface area contributed by atoms with Crippen molar-refractivity contribution in [2.45, 2.75) is 91.9 Å². The monoisotopic (exact) mass is 580 g/mol. The summed E-state index contributed by atoms with van der Waals surface area (Å²) in [7, 11) is -4.26. The highest BCUT2D eigenvalue weighted by Crippen LogP contribution is 2.39. The molecule has 2 atom stereocenters. The highest BCUT2D eigenvalue weighted by Gasteiger charge is 2.41. The van der Waals surface area contributed by atoms with Gasteiger partial charge in [0.25, 0.3) is 0 Å². The van der Waals surface area contributed by atoms with Crippen LogP contribution in [-0.4, -0.2) is 46.1 Å². The maximum absolute atomic E-state index is 13.4. The Morgan fingerprint density at radius 1 is 0.683 bits per heavy atom. The van der Waals surface area contributed by atoms with Crippen molar-refractivity contribution in [3.63, 3.8) is 0 Å². The van der Waals surface area contributed by atoms with Crippen molar-refractivity contribution in [3.8, 4) is 0 Å². The van der Waals surface area contributed by atoms with Crippen molar-refractivity contribution in [2.24, 2.45) is 20.8 Å². The first kappa shape index (κ1) is 31.6. The van der Waals surface area contributed by atoms with E-state index >= 15 is 0 Å². The lowest BCUT2D eigenvalue weighted by atomic mass is 9.72. The quantitative estimate of drug-likeness (QED) is 0.206. The number of aliphatic imine (C=N–C) groups is 2. The molecule has 0 amide bonds. The largest absolute Gasteiger partial charge is 0.399 e. The summed E-state index contributed by atoms with van der Waals surface area (Å²) in [6, 6.07) is 16.7. The average Bonchev–Trinajstić information content (AvgIpc) is 3.01. The molecule has 2 heterocycles. The summed E-state index contributed by atoms with van der Waals surface area (Å²) in [6.45, 7) is 10.0. The van der Waals surface area contributed by atoms with Gasteiger partial charge in [-0.05, 0) is 60.8 Å². The molecule has 0 aromatic heterocycles. The van der Waals surface area contributed by atoms with Gasteiger partial charge in [0.2, 0.25) is 0 Å². The van der Waals surface area contributed by atoms with E-state index in [0.29, 0.717) is 13.1 Å². The molecule has 2 aromatic rings. The van der Waals surface area contributed by atoms with Crippen LogP contribution in [0.25, 0.3) is 0 Å². The van der Waals surface area contributed by atoms with Crippen LogP contribution in [0.5, 0.6) is 0 Å². The zero-order valence-corrected chi connectivity index (χ0v) is 26.3. The molecule has 2 aliphatic rings. The van der Waals surface area contributed by atoms with E-state index in [9.17, 15) is 8.42 Å². The maximum atomic E-state index is 13.4. The van der Waals surface area contributed by atoms with Crippen LogP contribution < -0.4 is 0 Å². The van der Waals surface area contributed by atoms with Gasteiger partial charge in [0.05, 0.1) is 24.6 Å². The first-order chi connectivity index (χ1) is 19.8. The van der Waals surface area contributed by atoms with Crippen LogP contribution in [0.4, 0.5) is 0 Å². The highest BCUT2D eigenvalue weighted by molar-refractivity contribution is 7.81. The Bertz CT molecular complexity index is 1240. The lowest BCUT2D eigenvalue weighted by molar-refractivity contribution is 0.127. The molecule has 224 valence electrons. The van der Waals surface area contributed by atoms with Gasteiger partial charge in [-0.3, -0.25) is 9.98 Å². The van der Waals surface area contributed by atoms with E-state index in [1.54, 1.807) is 0 Å². The van der Waals surface area contributed by atoms with Gasteiger partial charge in [0.15, 0.2) is 0 Å². The average molecular weight is 581 g/mol. The van der Waals surface area contributed by atoms with Crippen LogP contribution in [-0.2, 0) is 31.6 Å². The van der Waals surface area contributed by atoms with Gasteiger partial charge in [-0.2, -0.15) is 8.42 Å². The van der Waals surface area contributed by atoms with Crippen LogP contribution in [0.3, 0.4) is 0 Å². The number of benzene rings is 2. The van der Waals surface area contributed by atoms with Gasteiger partial charge in [-0.1, -0.05) is 102 Å². The van der Waals surface area contributed by atoms with Crippen LogP contribution in [0.2, 0.25) is 0 Å². The summed E-state index contributed by atoms with van der Waals surface area (Å²) in [4.78, 5) is 9.94. The van der Waals surface area contributed by atoms with Gasteiger partial charge >= 0.3 is 10.4 Å². The first-order valence-electron chi connectivity index (χ1n) is 15.6. The predicted octanol–water partition coefficient (Wildman–Crippen LogP) is 7.53. The zero-order valence-electron chi connectivity index (χ0n) is 25.5. The van der Waals surface area contributed by atoms with Crippen molar-refractivity contribution >= 4 is 21.8 Å². The van der Waals surface area contributed by atoms with E-state index in [0.717, 1.165) is 86.8 Å². The zero-order chi connectivity index (χ0) is 29.3. The summed E-state index contributed by atoms with van der Waals surface area (Å²) < 4.78 is 38.4. The van der Waals surface area contributed by atoms with Crippen molar-refractivity contribution in [1.82, 2.24) is 0 Å². The summed E-state index contributed by atoms with van der Waals surface area (Å²) in [5.41, 5.74) is 5.73. The third-order valence-electron chi connectivity index (χ3n) is 9.18. The van der Waals surface area contributed by atoms with Gasteiger partial charge in [-0.15, -0.1) is 0 Å². The number of rotatable bonds is 16. The molecular weight excluding hydrogens is 532 g/mol. The molecule has 2 aromatic carbocycles. The van der Waals surface area contributed by atoms with Crippen LogP contribution in [0.15, 0.2) is 58.5 Å². The topological polar surface area (TPSA) is 77.3 Å². The van der Waals surface area contributed by atoms with Gasteiger partial charge < -0.3 is 0 Å². The van der Waals surface area contributed by atoms with Crippen LogP contribution in [0, 0.1) is 10.8 Å². The highest BCUT2D eigenvalue weighted by atomic mass is 32.3. The molecular formula is C34H48N2O4S. The maximum Gasteiger partial charge on any atom is 0.399 e. The lowest BCUT2D eigenvalue weighted by Crippen LogP contribution is -2.41. The molecule has 4 rings (SSSR count). The fourth-order valence-electron chi connectivity index (χ4n) is 6.44. The first-order valence-corrected chi connectivity index (χ1v) is 17.0. The number of unbranched alkanes of at least 4 members (excludes halogenated alkanes) is 2. The Balaban J connectivity index is 1.57. The number of hydrogen-bond acceptors (Lipinski definition) is 6. The predicted molar refractivity (Wildman–Crippen MR) is 168 cm³/mol. The fraction of sp³-hybridized carbons (Fsp3) is 0.588. The number of nitrogens with zero attached hydrogens (tertiary/aromatic N) is 2. The number of hydrogen-bond donors (Lipinski definition) is 0. The molecule has 0 aliphatic carbocycles. The second kappa shape index (κ2) is 14.2. The molecule has 2 unspecified atom stereocenters. The summed E-state index contributed by atoms with van der Waals surface area (Å²) in [5, 5.41) is 0. The third kappa shape index (κ3) is 7.18. The summed E-state index contributed by atoms with van der Waals surface area (Å²) >= 11 is 0. The van der Waals surface area contributed by atoms with E-state index in [4.69, 9.17) is 18.4 Å².